The van der Waals surface area contributed by atoms with Crippen LogP contribution >= 0.6 is 0 Å². The van der Waals surface area contributed by atoms with Gasteiger partial charge in [-0.05, 0) is 18.8 Å². The molecular formula is C13H22O2. The van der Waals surface area contributed by atoms with Gasteiger partial charge in [-0.2, -0.15) is 0 Å². The Bertz CT molecular complexity index is 237. The van der Waals surface area contributed by atoms with Crippen LogP contribution in [0.1, 0.15) is 33.6 Å². The van der Waals surface area contributed by atoms with Gasteiger partial charge >= 0.3 is 0 Å². The van der Waals surface area contributed by atoms with E-state index in [9.17, 15) is 0 Å². The van der Waals surface area contributed by atoms with Crippen LogP contribution in [0.5, 0.6) is 0 Å². The van der Waals surface area contributed by atoms with Crippen molar-refractivity contribution in [3.8, 4) is 0 Å². The Morgan fingerprint density at radius 2 is 1.87 bits per heavy atom. The van der Waals surface area contributed by atoms with Crippen molar-refractivity contribution in [1.82, 2.24) is 0 Å². The molecule has 2 aliphatic rings. The molecule has 1 atom stereocenters. The quantitative estimate of drug-likeness (QED) is 0.619. The molecule has 1 unspecified atom stereocenters. The normalized spacial score (nSPS) is 41.3. The summed E-state index contributed by atoms with van der Waals surface area (Å²) in [6.07, 6.45) is 6.85. The third-order valence-electron chi connectivity index (χ3n) is 3.84. The van der Waals surface area contributed by atoms with Crippen molar-refractivity contribution in [2.24, 2.45) is 17.3 Å². The zero-order valence-electron chi connectivity index (χ0n) is 10.0. The van der Waals surface area contributed by atoms with Gasteiger partial charge < -0.3 is 9.47 Å². The first-order valence-corrected chi connectivity index (χ1v) is 6.02. The molecule has 0 bridgehead atoms. The summed E-state index contributed by atoms with van der Waals surface area (Å²) in [5, 5.41) is 0. The van der Waals surface area contributed by atoms with Crippen molar-refractivity contribution in [2.75, 3.05) is 13.2 Å². The van der Waals surface area contributed by atoms with Crippen LogP contribution in [0.4, 0.5) is 0 Å². The Balaban J connectivity index is 1.99. The van der Waals surface area contributed by atoms with Gasteiger partial charge in [-0.25, -0.2) is 0 Å². The van der Waals surface area contributed by atoms with Crippen molar-refractivity contribution >= 4 is 0 Å². The minimum atomic E-state index is 0.00808. The van der Waals surface area contributed by atoms with Gasteiger partial charge in [0, 0.05) is 11.3 Å². The van der Waals surface area contributed by atoms with Crippen molar-refractivity contribution < 1.29 is 9.47 Å². The Labute approximate surface area is 92.6 Å². The van der Waals surface area contributed by atoms with E-state index in [0.29, 0.717) is 11.8 Å². The Morgan fingerprint density at radius 3 is 2.40 bits per heavy atom. The van der Waals surface area contributed by atoms with E-state index in [1.165, 1.54) is 6.42 Å². The molecule has 1 spiro atoms. The maximum Gasteiger partial charge on any atom is 0.159 e. The van der Waals surface area contributed by atoms with Crippen LogP contribution in [-0.4, -0.2) is 19.5 Å². The monoisotopic (exact) mass is 210 g/mol. The van der Waals surface area contributed by atoms with Crippen LogP contribution in [0.15, 0.2) is 12.2 Å². The molecule has 15 heavy (non-hydrogen) atoms. The molecule has 0 N–H and O–H groups in total. The summed E-state index contributed by atoms with van der Waals surface area (Å²) in [6.45, 7) is 8.33. The molecule has 1 fully saturated rings. The fourth-order valence-electron chi connectivity index (χ4n) is 2.44. The summed E-state index contributed by atoms with van der Waals surface area (Å²) in [7, 11) is 0. The highest BCUT2D eigenvalue weighted by molar-refractivity contribution is 5.02. The Hall–Kier alpha value is -0.340. The lowest BCUT2D eigenvalue weighted by Gasteiger charge is -2.45. The maximum absolute atomic E-state index is 5.85. The summed E-state index contributed by atoms with van der Waals surface area (Å²) < 4.78 is 11.7. The fraction of sp³-hybridized carbons (Fsp3) is 0.846. The van der Waals surface area contributed by atoms with Crippen LogP contribution in [-0.2, 0) is 9.47 Å². The summed E-state index contributed by atoms with van der Waals surface area (Å²) in [6, 6.07) is 0. The molecule has 86 valence electrons. The second-order valence-electron chi connectivity index (χ2n) is 5.41. The predicted octanol–water partition coefficient (Wildman–Crippen LogP) is 2.99. The highest BCUT2D eigenvalue weighted by Crippen LogP contribution is 2.41. The molecule has 0 radical (unpaired) electrons. The maximum atomic E-state index is 5.85. The predicted molar refractivity (Wildman–Crippen MR) is 60.5 cm³/mol. The molecule has 0 amide bonds. The molecule has 0 saturated carbocycles. The van der Waals surface area contributed by atoms with E-state index in [1.54, 1.807) is 0 Å². The molecular weight excluding hydrogens is 188 g/mol. The third-order valence-corrected chi connectivity index (χ3v) is 3.84. The zero-order valence-corrected chi connectivity index (χ0v) is 10.0. The number of hydrogen-bond donors (Lipinski definition) is 0. The standard InChI is InChI=1S/C13H22O2/c1-10(2)12-14-8-13(9-15-12)7-5-4-6-11(13)3/h4-5,10-12H,6-9H2,1-3H3. The lowest BCUT2D eigenvalue weighted by atomic mass is 9.70. The minimum absolute atomic E-state index is 0.00808. The second-order valence-corrected chi connectivity index (χ2v) is 5.41. The van der Waals surface area contributed by atoms with Gasteiger partial charge in [0.25, 0.3) is 0 Å². The average Bonchev–Trinajstić information content (AvgIpc) is 2.23. The first-order valence-electron chi connectivity index (χ1n) is 6.02. The molecule has 1 heterocycles. The van der Waals surface area contributed by atoms with E-state index >= 15 is 0 Å². The SMILES string of the molecule is CC(C)C1OCC2(CC=CCC2C)CO1. The van der Waals surface area contributed by atoms with Gasteiger partial charge in [-0.3, -0.25) is 0 Å². The van der Waals surface area contributed by atoms with E-state index in [0.717, 1.165) is 19.6 Å². The van der Waals surface area contributed by atoms with Crippen LogP contribution in [0.25, 0.3) is 0 Å². The van der Waals surface area contributed by atoms with Crippen molar-refractivity contribution in [1.29, 1.82) is 0 Å². The smallest absolute Gasteiger partial charge is 0.159 e. The molecule has 1 aliphatic carbocycles. The first-order chi connectivity index (χ1) is 7.14. The molecule has 0 aromatic carbocycles. The lowest BCUT2D eigenvalue weighted by molar-refractivity contribution is -0.255. The molecule has 2 nitrogen and oxygen atoms in total. The van der Waals surface area contributed by atoms with Gasteiger partial charge in [0.15, 0.2) is 6.29 Å². The van der Waals surface area contributed by atoms with Crippen molar-refractivity contribution in [3.63, 3.8) is 0 Å². The van der Waals surface area contributed by atoms with Gasteiger partial charge in [0.1, 0.15) is 0 Å². The average molecular weight is 210 g/mol. The second kappa shape index (κ2) is 4.26. The summed E-state index contributed by atoms with van der Waals surface area (Å²) >= 11 is 0. The summed E-state index contributed by atoms with van der Waals surface area (Å²) in [5.74, 6) is 1.13. The summed E-state index contributed by atoms with van der Waals surface area (Å²) in [4.78, 5) is 0. The Morgan fingerprint density at radius 1 is 1.20 bits per heavy atom. The number of allylic oxidation sites excluding steroid dienone is 2. The van der Waals surface area contributed by atoms with Crippen LogP contribution in [0.2, 0.25) is 0 Å². The van der Waals surface area contributed by atoms with Crippen molar-refractivity contribution in [3.05, 3.63) is 12.2 Å². The van der Waals surface area contributed by atoms with Gasteiger partial charge in [0.2, 0.25) is 0 Å². The number of ether oxygens (including phenoxy) is 2. The highest BCUT2D eigenvalue weighted by atomic mass is 16.7. The van der Waals surface area contributed by atoms with E-state index in [-0.39, 0.29) is 11.7 Å². The fourth-order valence-corrected chi connectivity index (χ4v) is 2.44. The van der Waals surface area contributed by atoms with Gasteiger partial charge in [0.05, 0.1) is 13.2 Å². The molecule has 0 aromatic rings. The zero-order chi connectivity index (χ0) is 10.9. The molecule has 2 heteroatoms. The third kappa shape index (κ3) is 2.11. The van der Waals surface area contributed by atoms with E-state index in [2.05, 4.69) is 32.9 Å². The minimum Gasteiger partial charge on any atom is -0.352 e. The largest absolute Gasteiger partial charge is 0.352 e. The number of rotatable bonds is 1. The lowest BCUT2D eigenvalue weighted by Crippen LogP contribution is -2.47. The first kappa shape index (κ1) is 11.2. The van der Waals surface area contributed by atoms with E-state index in [1.807, 2.05) is 0 Å². The van der Waals surface area contributed by atoms with Gasteiger partial charge in [-0.1, -0.05) is 32.9 Å². The van der Waals surface area contributed by atoms with E-state index in [4.69, 9.17) is 9.47 Å². The molecule has 1 saturated heterocycles. The topological polar surface area (TPSA) is 18.5 Å². The Kier molecular flexibility index (Phi) is 3.17. The highest BCUT2D eigenvalue weighted by Gasteiger charge is 2.41. The molecule has 0 aromatic heterocycles. The molecule has 2 rings (SSSR count). The number of hydrogen-bond acceptors (Lipinski definition) is 2. The van der Waals surface area contributed by atoms with Crippen LogP contribution in [0, 0.1) is 17.3 Å². The van der Waals surface area contributed by atoms with Crippen LogP contribution < -0.4 is 0 Å². The molecule has 1 aliphatic heterocycles. The van der Waals surface area contributed by atoms with E-state index < -0.39 is 0 Å². The summed E-state index contributed by atoms with van der Waals surface area (Å²) in [5.41, 5.74) is 0.250. The van der Waals surface area contributed by atoms with Crippen molar-refractivity contribution in [2.45, 2.75) is 39.9 Å². The van der Waals surface area contributed by atoms with Gasteiger partial charge in [-0.15, -0.1) is 0 Å². The van der Waals surface area contributed by atoms with Crippen LogP contribution in [0.3, 0.4) is 0 Å².